The molecule has 2 fully saturated rings. The van der Waals surface area contributed by atoms with Gasteiger partial charge in [-0.1, -0.05) is 0 Å². The van der Waals surface area contributed by atoms with Crippen LogP contribution < -0.4 is 0 Å². The fraction of sp³-hybridized carbons (Fsp3) is 0.727. The van der Waals surface area contributed by atoms with Crippen molar-refractivity contribution < 1.29 is 4.74 Å². The molecule has 1 aliphatic heterocycles. The Morgan fingerprint density at radius 3 is 3.00 bits per heavy atom. The van der Waals surface area contributed by atoms with Gasteiger partial charge < -0.3 is 4.74 Å². The van der Waals surface area contributed by atoms with Gasteiger partial charge in [0.1, 0.15) is 0 Å². The van der Waals surface area contributed by atoms with Gasteiger partial charge in [-0.2, -0.15) is 5.10 Å². The van der Waals surface area contributed by atoms with Crippen LogP contribution in [0.15, 0.2) is 12.4 Å². The third-order valence-electron chi connectivity index (χ3n) is 3.62. The lowest BCUT2D eigenvalue weighted by atomic mass is 9.90. The predicted octanol–water partition coefficient (Wildman–Crippen LogP) is 2.05. The SMILES string of the molecule is Cn1cc([C@H]2CC3(CCO2)CC3)cn1. The van der Waals surface area contributed by atoms with E-state index in [1.807, 2.05) is 17.9 Å². The number of ether oxygens (including phenoxy) is 1. The number of aromatic nitrogens is 2. The minimum Gasteiger partial charge on any atom is -0.373 e. The molecule has 0 unspecified atom stereocenters. The summed E-state index contributed by atoms with van der Waals surface area (Å²) in [5, 5.41) is 4.20. The molecule has 14 heavy (non-hydrogen) atoms. The summed E-state index contributed by atoms with van der Waals surface area (Å²) in [6, 6.07) is 0. The molecule has 1 saturated heterocycles. The van der Waals surface area contributed by atoms with Crippen molar-refractivity contribution in [3.63, 3.8) is 0 Å². The molecule has 2 aliphatic rings. The molecule has 1 aromatic heterocycles. The van der Waals surface area contributed by atoms with Crippen LogP contribution in [0.4, 0.5) is 0 Å². The highest BCUT2D eigenvalue weighted by Gasteiger charge is 2.46. The van der Waals surface area contributed by atoms with E-state index in [4.69, 9.17) is 4.74 Å². The molecule has 1 saturated carbocycles. The van der Waals surface area contributed by atoms with Gasteiger partial charge in [0.25, 0.3) is 0 Å². The lowest BCUT2D eigenvalue weighted by Crippen LogP contribution is -2.20. The van der Waals surface area contributed by atoms with Crippen LogP contribution in [0, 0.1) is 5.41 Å². The minimum atomic E-state index is 0.306. The van der Waals surface area contributed by atoms with Gasteiger partial charge in [0, 0.05) is 25.4 Å². The highest BCUT2D eigenvalue weighted by Crippen LogP contribution is 2.57. The maximum atomic E-state index is 5.80. The second-order valence-electron chi connectivity index (χ2n) is 4.76. The van der Waals surface area contributed by atoms with Gasteiger partial charge in [-0.3, -0.25) is 4.68 Å². The van der Waals surface area contributed by atoms with Crippen LogP contribution >= 0.6 is 0 Å². The Morgan fingerprint density at radius 1 is 1.50 bits per heavy atom. The topological polar surface area (TPSA) is 27.1 Å². The lowest BCUT2D eigenvalue weighted by molar-refractivity contribution is -0.0178. The lowest BCUT2D eigenvalue weighted by Gasteiger charge is -2.28. The molecular weight excluding hydrogens is 176 g/mol. The van der Waals surface area contributed by atoms with Crippen molar-refractivity contribution in [3.8, 4) is 0 Å². The Kier molecular flexibility index (Phi) is 1.71. The van der Waals surface area contributed by atoms with E-state index in [1.54, 1.807) is 0 Å². The average molecular weight is 192 g/mol. The van der Waals surface area contributed by atoms with E-state index < -0.39 is 0 Å². The van der Waals surface area contributed by atoms with Crippen LogP contribution in [0.3, 0.4) is 0 Å². The molecule has 1 atom stereocenters. The first-order valence-corrected chi connectivity index (χ1v) is 5.38. The molecule has 0 radical (unpaired) electrons. The summed E-state index contributed by atoms with van der Waals surface area (Å²) in [4.78, 5) is 0. The van der Waals surface area contributed by atoms with Crippen LogP contribution in [-0.4, -0.2) is 16.4 Å². The Bertz CT molecular complexity index is 341. The predicted molar refractivity (Wildman–Crippen MR) is 52.8 cm³/mol. The molecule has 3 heteroatoms. The highest BCUT2D eigenvalue weighted by molar-refractivity contribution is 5.12. The Hall–Kier alpha value is -0.830. The molecule has 3 nitrogen and oxygen atoms in total. The van der Waals surface area contributed by atoms with Crippen LogP contribution in [0.2, 0.25) is 0 Å². The monoisotopic (exact) mass is 192 g/mol. The zero-order valence-electron chi connectivity index (χ0n) is 8.57. The van der Waals surface area contributed by atoms with E-state index in [0.717, 1.165) is 6.61 Å². The van der Waals surface area contributed by atoms with Gasteiger partial charge in [0.15, 0.2) is 0 Å². The smallest absolute Gasteiger partial charge is 0.0860 e. The van der Waals surface area contributed by atoms with Gasteiger partial charge in [-0.05, 0) is 31.1 Å². The standard InChI is InChI=1S/C11H16N2O/c1-13-8-9(7-12-13)10-6-11(2-3-11)4-5-14-10/h7-8,10H,2-6H2,1H3/t10-/m1/s1. The third-order valence-corrected chi connectivity index (χ3v) is 3.62. The van der Waals surface area contributed by atoms with Gasteiger partial charge in [-0.15, -0.1) is 0 Å². The number of nitrogens with zero attached hydrogens (tertiary/aromatic N) is 2. The maximum absolute atomic E-state index is 5.80. The first-order chi connectivity index (χ1) is 6.77. The zero-order valence-corrected chi connectivity index (χ0v) is 8.57. The van der Waals surface area contributed by atoms with Crippen LogP contribution in [0.25, 0.3) is 0 Å². The summed E-state index contributed by atoms with van der Waals surface area (Å²) < 4.78 is 7.65. The van der Waals surface area contributed by atoms with Gasteiger partial charge in [0.2, 0.25) is 0 Å². The molecule has 0 aromatic carbocycles. The summed E-state index contributed by atoms with van der Waals surface area (Å²) in [7, 11) is 1.96. The van der Waals surface area contributed by atoms with E-state index in [0.29, 0.717) is 11.5 Å². The summed E-state index contributed by atoms with van der Waals surface area (Å²) in [6.07, 6.45) is 9.61. The Balaban J connectivity index is 1.78. The molecule has 0 N–H and O–H groups in total. The van der Waals surface area contributed by atoms with Gasteiger partial charge >= 0.3 is 0 Å². The van der Waals surface area contributed by atoms with E-state index in [-0.39, 0.29) is 0 Å². The van der Waals surface area contributed by atoms with E-state index in [2.05, 4.69) is 11.3 Å². The maximum Gasteiger partial charge on any atom is 0.0860 e. The van der Waals surface area contributed by atoms with Crippen LogP contribution in [0.1, 0.15) is 37.4 Å². The van der Waals surface area contributed by atoms with Crippen molar-refractivity contribution in [2.75, 3.05) is 6.61 Å². The second kappa shape index (κ2) is 2.83. The largest absolute Gasteiger partial charge is 0.373 e. The van der Waals surface area contributed by atoms with Crippen molar-refractivity contribution in [1.29, 1.82) is 0 Å². The normalized spacial score (nSPS) is 29.4. The van der Waals surface area contributed by atoms with Crippen molar-refractivity contribution >= 4 is 0 Å². The van der Waals surface area contributed by atoms with Crippen molar-refractivity contribution in [1.82, 2.24) is 9.78 Å². The fourth-order valence-electron chi connectivity index (χ4n) is 2.42. The molecule has 76 valence electrons. The van der Waals surface area contributed by atoms with Gasteiger partial charge in [0.05, 0.1) is 12.3 Å². The number of hydrogen-bond donors (Lipinski definition) is 0. The third kappa shape index (κ3) is 1.36. The first-order valence-electron chi connectivity index (χ1n) is 5.38. The Labute approximate surface area is 84.1 Å². The van der Waals surface area contributed by atoms with Gasteiger partial charge in [-0.25, -0.2) is 0 Å². The number of rotatable bonds is 1. The molecule has 1 spiro atoms. The molecular formula is C11H16N2O. The molecule has 3 rings (SSSR count). The van der Waals surface area contributed by atoms with Crippen LogP contribution in [0.5, 0.6) is 0 Å². The number of hydrogen-bond acceptors (Lipinski definition) is 2. The molecule has 0 bridgehead atoms. The van der Waals surface area contributed by atoms with E-state index in [1.165, 1.54) is 31.2 Å². The molecule has 0 amide bonds. The van der Waals surface area contributed by atoms with Crippen molar-refractivity contribution in [3.05, 3.63) is 18.0 Å². The van der Waals surface area contributed by atoms with Crippen LogP contribution in [-0.2, 0) is 11.8 Å². The van der Waals surface area contributed by atoms with E-state index >= 15 is 0 Å². The minimum absolute atomic E-state index is 0.306. The fourth-order valence-corrected chi connectivity index (χ4v) is 2.42. The molecule has 1 aliphatic carbocycles. The summed E-state index contributed by atoms with van der Waals surface area (Å²) in [6.45, 7) is 0.930. The summed E-state index contributed by atoms with van der Waals surface area (Å²) in [5.41, 5.74) is 1.90. The summed E-state index contributed by atoms with van der Waals surface area (Å²) in [5.74, 6) is 0. The quantitative estimate of drug-likeness (QED) is 0.681. The van der Waals surface area contributed by atoms with E-state index in [9.17, 15) is 0 Å². The second-order valence-corrected chi connectivity index (χ2v) is 4.76. The first kappa shape index (κ1) is 8.48. The zero-order chi connectivity index (χ0) is 9.60. The number of aryl methyl sites for hydroxylation is 1. The molecule has 2 heterocycles. The van der Waals surface area contributed by atoms with Crippen molar-refractivity contribution in [2.24, 2.45) is 12.5 Å². The highest BCUT2D eigenvalue weighted by atomic mass is 16.5. The summed E-state index contributed by atoms with van der Waals surface area (Å²) >= 11 is 0. The average Bonchev–Trinajstić information content (AvgIpc) is 2.78. The Morgan fingerprint density at radius 2 is 2.36 bits per heavy atom. The van der Waals surface area contributed by atoms with Crippen molar-refractivity contribution in [2.45, 2.75) is 31.8 Å². The molecule has 1 aromatic rings.